The molecule has 1 aliphatic heterocycles. The van der Waals surface area contributed by atoms with Crippen molar-refractivity contribution in [2.75, 3.05) is 0 Å². The lowest BCUT2D eigenvalue weighted by Crippen LogP contribution is -2.39. The summed E-state index contributed by atoms with van der Waals surface area (Å²) in [6, 6.07) is 30.8. The lowest BCUT2D eigenvalue weighted by Gasteiger charge is -2.32. The van der Waals surface area contributed by atoms with Gasteiger partial charge in [-0.15, -0.1) is 0 Å². The molecule has 0 fully saturated rings. The second-order valence-corrected chi connectivity index (χ2v) is 7.17. The molecule has 0 radical (unpaired) electrons. The Kier molecular flexibility index (Phi) is 4.24. The molecule has 0 aromatic heterocycles. The van der Waals surface area contributed by atoms with Gasteiger partial charge in [-0.2, -0.15) is 0 Å². The molecule has 2 nitrogen and oxygen atoms in total. The number of nitrogens with zero attached hydrogens (tertiary/aromatic N) is 1. The standard InChI is InChI=1S/C22H17BrN2/c23-22(19-14-8-3-9-15-19)16-24-20(17-10-4-1-5-11-17)21(25-22)18-12-6-2-7-13-18/h1-16,25H. The first kappa shape index (κ1) is 15.9. The normalized spacial score (nSPS) is 19.6. The summed E-state index contributed by atoms with van der Waals surface area (Å²) < 4.78 is -0.530. The van der Waals surface area contributed by atoms with E-state index in [1.807, 2.05) is 60.8 Å². The number of aliphatic imine (C=N–C) groups is 1. The maximum atomic E-state index is 4.83. The monoisotopic (exact) mass is 388 g/mol. The van der Waals surface area contributed by atoms with Crippen LogP contribution in [0.1, 0.15) is 16.7 Å². The molecular formula is C22H17BrN2. The molecule has 1 aliphatic rings. The highest BCUT2D eigenvalue weighted by molar-refractivity contribution is 9.10. The van der Waals surface area contributed by atoms with Gasteiger partial charge in [0.2, 0.25) is 0 Å². The number of hydrogen-bond acceptors (Lipinski definition) is 2. The van der Waals surface area contributed by atoms with Crippen molar-refractivity contribution in [2.24, 2.45) is 4.99 Å². The zero-order valence-electron chi connectivity index (χ0n) is 13.6. The predicted molar refractivity (Wildman–Crippen MR) is 108 cm³/mol. The number of nitrogens with one attached hydrogen (secondary N) is 1. The molecule has 3 aromatic carbocycles. The second kappa shape index (κ2) is 6.69. The number of hydrogen-bond donors (Lipinski definition) is 1. The summed E-state index contributed by atoms with van der Waals surface area (Å²) in [4.78, 5) is 4.83. The highest BCUT2D eigenvalue weighted by atomic mass is 79.9. The van der Waals surface area contributed by atoms with Crippen LogP contribution in [-0.4, -0.2) is 6.21 Å². The van der Waals surface area contributed by atoms with Crippen LogP contribution in [0.4, 0.5) is 0 Å². The van der Waals surface area contributed by atoms with E-state index in [2.05, 4.69) is 57.6 Å². The first-order chi connectivity index (χ1) is 12.3. The van der Waals surface area contributed by atoms with Gasteiger partial charge in [0.25, 0.3) is 0 Å². The summed E-state index contributed by atoms with van der Waals surface area (Å²) in [6.45, 7) is 0. The minimum atomic E-state index is -0.530. The Hall–Kier alpha value is -2.65. The molecule has 1 heterocycles. The Morgan fingerprint density at radius 3 is 1.80 bits per heavy atom. The van der Waals surface area contributed by atoms with Crippen LogP contribution in [0.15, 0.2) is 96.0 Å². The van der Waals surface area contributed by atoms with E-state index in [9.17, 15) is 0 Å². The molecule has 0 aliphatic carbocycles. The van der Waals surface area contributed by atoms with Gasteiger partial charge in [-0.05, 0) is 27.1 Å². The van der Waals surface area contributed by atoms with E-state index in [1.165, 1.54) is 0 Å². The molecule has 1 atom stereocenters. The van der Waals surface area contributed by atoms with Crippen LogP contribution in [0.2, 0.25) is 0 Å². The molecule has 0 saturated carbocycles. The van der Waals surface area contributed by atoms with E-state index in [-0.39, 0.29) is 0 Å². The summed E-state index contributed by atoms with van der Waals surface area (Å²) in [5, 5.41) is 3.66. The van der Waals surface area contributed by atoms with Gasteiger partial charge >= 0.3 is 0 Å². The maximum Gasteiger partial charge on any atom is 0.155 e. The highest BCUT2D eigenvalue weighted by Crippen LogP contribution is 2.37. The molecule has 0 saturated heterocycles. The van der Waals surface area contributed by atoms with Crippen molar-refractivity contribution in [2.45, 2.75) is 4.45 Å². The summed E-state index contributed by atoms with van der Waals surface area (Å²) in [7, 11) is 0. The zero-order valence-corrected chi connectivity index (χ0v) is 15.1. The third kappa shape index (κ3) is 3.15. The van der Waals surface area contributed by atoms with Gasteiger partial charge in [-0.1, -0.05) is 91.0 Å². The van der Waals surface area contributed by atoms with Crippen LogP contribution in [0.25, 0.3) is 11.4 Å². The quantitative estimate of drug-likeness (QED) is 0.469. The smallest absolute Gasteiger partial charge is 0.155 e. The third-order valence-electron chi connectivity index (χ3n) is 4.22. The predicted octanol–water partition coefficient (Wildman–Crippen LogP) is 5.43. The number of rotatable bonds is 3. The Morgan fingerprint density at radius 2 is 1.20 bits per heavy atom. The Labute approximate surface area is 156 Å². The van der Waals surface area contributed by atoms with Crippen molar-refractivity contribution in [3.8, 4) is 0 Å². The van der Waals surface area contributed by atoms with Crippen molar-refractivity contribution >= 4 is 33.5 Å². The van der Waals surface area contributed by atoms with Crippen molar-refractivity contribution in [1.82, 2.24) is 5.32 Å². The van der Waals surface area contributed by atoms with Gasteiger partial charge in [0.1, 0.15) is 0 Å². The van der Waals surface area contributed by atoms with Crippen LogP contribution in [0, 0.1) is 0 Å². The summed E-state index contributed by atoms with van der Waals surface area (Å²) in [5.41, 5.74) is 5.26. The Balaban J connectivity index is 1.85. The lowest BCUT2D eigenvalue weighted by atomic mass is 10.00. The highest BCUT2D eigenvalue weighted by Gasteiger charge is 2.32. The molecule has 3 aromatic rings. The zero-order chi connectivity index (χ0) is 17.1. The summed E-state index contributed by atoms with van der Waals surface area (Å²) in [5.74, 6) is 0. The van der Waals surface area contributed by atoms with Gasteiger partial charge in [0, 0.05) is 11.8 Å². The van der Waals surface area contributed by atoms with Crippen LogP contribution < -0.4 is 5.32 Å². The molecule has 1 unspecified atom stereocenters. The van der Waals surface area contributed by atoms with Crippen LogP contribution >= 0.6 is 15.9 Å². The molecule has 4 rings (SSSR count). The van der Waals surface area contributed by atoms with Crippen molar-refractivity contribution in [3.05, 3.63) is 108 Å². The molecule has 0 spiro atoms. The summed E-state index contributed by atoms with van der Waals surface area (Å²) >= 11 is 3.85. The minimum absolute atomic E-state index is 0.530. The van der Waals surface area contributed by atoms with E-state index < -0.39 is 4.45 Å². The SMILES string of the molecule is BrC1(c2ccccc2)C=NC(c2ccccc2)=C(c2ccccc2)N1. The first-order valence-electron chi connectivity index (χ1n) is 8.19. The third-order valence-corrected chi connectivity index (χ3v) is 5.08. The van der Waals surface area contributed by atoms with Crippen LogP contribution in [-0.2, 0) is 4.45 Å². The largest absolute Gasteiger partial charge is 0.360 e. The van der Waals surface area contributed by atoms with E-state index in [4.69, 9.17) is 4.99 Å². The second-order valence-electron chi connectivity index (χ2n) is 5.92. The molecule has 0 bridgehead atoms. The first-order valence-corrected chi connectivity index (χ1v) is 8.98. The maximum absolute atomic E-state index is 4.83. The summed E-state index contributed by atoms with van der Waals surface area (Å²) in [6.07, 6.45) is 1.93. The Bertz CT molecular complexity index is 918. The average molecular weight is 389 g/mol. The van der Waals surface area contributed by atoms with Gasteiger partial charge in [-0.25, -0.2) is 0 Å². The molecular weight excluding hydrogens is 372 g/mol. The molecule has 3 heteroatoms. The fourth-order valence-electron chi connectivity index (χ4n) is 2.95. The molecule has 1 N–H and O–H groups in total. The van der Waals surface area contributed by atoms with E-state index in [0.29, 0.717) is 0 Å². The number of alkyl halides is 1. The fraction of sp³-hybridized carbons (Fsp3) is 0.0455. The Morgan fingerprint density at radius 1 is 0.680 bits per heavy atom. The van der Waals surface area contributed by atoms with E-state index in [1.54, 1.807) is 0 Å². The average Bonchev–Trinajstić information content (AvgIpc) is 2.70. The van der Waals surface area contributed by atoms with Gasteiger partial charge < -0.3 is 5.32 Å². The number of benzene rings is 3. The van der Waals surface area contributed by atoms with E-state index >= 15 is 0 Å². The minimum Gasteiger partial charge on any atom is -0.360 e. The fourth-order valence-corrected chi connectivity index (χ4v) is 3.51. The van der Waals surface area contributed by atoms with Crippen LogP contribution in [0.3, 0.4) is 0 Å². The van der Waals surface area contributed by atoms with Crippen molar-refractivity contribution in [1.29, 1.82) is 0 Å². The van der Waals surface area contributed by atoms with Crippen LogP contribution in [0.5, 0.6) is 0 Å². The lowest BCUT2D eigenvalue weighted by molar-refractivity contribution is 0.766. The molecule has 0 amide bonds. The van der Waals surface area contributed by atoms with Crippen molar-refractivity contribution < 1.29 is 0 Å². The molecule has 25 heavy (non-hydrogen) atoms. The van der Waals surface area contributed by atoms with Crippen molar-refractivity contribution in [3.63, 3.8) is 0 Å². The van der Waals surface area contributed by atoms with Gasteiger partial charge in [0.05, 0.1) is 11.4 Å². The van der Waals surface area contributed by atoms with Gasteiger partial charge in [0.15, 0.2) is 4.45 Å². The molecule has 122 valence electrons. The number of halogens is 1. The van der Waals surface area contributed by atoms with E-state index in [0.717, 1.165) is 28.1 Å². The van der Waals surface area contributed by atoms with Gasteiger partial charge in [-0.3, -0.25) is 4.99 Å². The topological polar surface area (TPSA) is 24.4 Å².